The van der Waals surface area contributed by atoms with Gasteiger partial charge in [-0.05, 0) is 49.2 Å². The number of halogens is 1. The van der Waals surface area contributed by atoms with Crippen molar-refractivity contribution in [3.63, 3.8) is 0 Å². The second kappa shape index (κ2) is 11.1. The number of rotatable bonds is 8. The number of amides is 1. The fourth-order valence-corrected chi connectivity index (χ4v) is 4.26. The van der Waals surface area contributed by atoms with E-state index in [0.29, 0.717) is 50.5 Å². The zero-order chi connectivity index (χ0) is 24.0. The van der Waals surface area contributed by atoms with Crippen molar-refractivity contribution in [1.29, 1.82) is 0 Å². The summed E-state index contributed by atoms with van der Waals surface area (Å²) in [6.45, 7) is 6.46. The lowest BCUT2D eigenvalue weighted by molar-refractivity contribution is -0.147. The third kappa shape index (κ3) is 5.63. The summed E-state index contributed by atoms with van der Waals surface area (Å²) in [5, 5.41) is 9.56. The molecule has 1 aliphatic heterocycles. The van der Waals surface area contributed by atoms with Crippen LogP contribution in [0.1, 0.15) is 38.3 Å². The minimum absolute atomic E-state index is 0.0103. The number of ether oxygens (including phenoxy) is 1. The molecule has 1 amide bonds. The number of aromatic hydroxyl groups is 1. The summed E-state index contributed by atoms with van der Waals surface area (Å²) in [5.41, 5.74) is 1.78. The molecule has 7 nitrogen and oxygen atoms in total. The standard InChI is InChI=1S/C25H32FN3O4/c1-4-6-23(31)29(5-2)19-9-12-22(21(26)17-19)27-13-15-28(16-14-27)24(25(32)33-3)18-7-10-20(30)11-8-18/h7-12,17,24,30H,4-6,13-16H2,1-3H3. The van der Waals surface area contributed by atoms with E-state index in [9.17, 15) is 14.7 Å². The van der Waals surface area contributed by atoms with Gasteiger partial charge in [-0.2, -0.15) is 0 Å². The number of phenolic OH excluding ortho intramolecular Hbond substituents is 1. The summed E-state index contributed by atoms with van der Waals surface area (Å²) in [5.74, 6) is -0.624. The topological polar surface area (TPSA) is 73.3 Å². The Morgan fingerprint density at radius 3 is 2.30 bits per heavy atom. The molecule has 0 radical (unpaired) electrons. The van der Waals surface area contributed by atoms with Crippen LogP contribution in [0.4, 0.5) is 15.8 Å². The fourth-order valence-electron chi connectivity index (χ4n) is 4.26. The SMILES string of the molecule is CCCC(=O)N(CC)c1ccc(N2CCN(C(C(=O)OC)c3ccc(O)cc3)CC2)c(F)c1. The van der Waals surface area contributed by atoms with E-state index in [-0.39, 0.29) is 23.4 Å². The van der Waals surface area contributed by atoms with Gasteiger partial charge in [-0.1, -0.05) is 19.1 Å². The summed E-state index contributed by atoms with van der Waals surface area (Å²) in [6, 6.07) is 10.9. The molecule has 0 saturated carbocycles. The van der Waals surface area contributed by atoms with Crippen LogP contribution in [0.25, 0.3) is 0 Å². The predicted molar refractivity (Wildman–Crippen MR) is 126 cm³/mol. The van der Waals surface area contributed by atoms with Gasteiger partial charge < -0.3 is 19.6 Å². The molecule has 0 spiro atoms. The highest BCUT2D eigenvalue weighted by Crippen LogP contribution is 2.29. The highest BCUT2D eigenvalue weighted by Gasteiger charge is 2.32. The van der Waals surface area contributed by atoms with Crippen LogP contribution in [0, 0.1) is 5.82 Å². The van der Waals surface area contributed by atoms with Gasteiger partial charge in [-0.3, -0.25) is 9.69 Å². The quantitative estimate of drug-likeness (QED) is 0.609. The minimum Gasteiger partial charge on any atom is -0.508 e. The first-order valence-electron chi connectivity index (χ1n) is 11.3. The molecule has 33 heavy (non-hydrogen) atoms. The first-order chi connectivity index (χ1) is 15.9. The van der Waals surface area contributed by atoms with Crippen molar-refractivity contribution < 1.29 is 23.8 Å². The molecule has 0 aliphatic carbocycles. The molecular formula is C25H32FN3O4. The second-order valence-electron chi connectivity index (χ2n) is 8.06. The number of hydrogen-bond acceptors (Lipinski definition) is 6. The zero-order valence-electron chi connectivity index (χ0n) is 19.5. The van der Waals surface area contributed by atoms with E-state index in [0.717, 1.165) is 12.0 Å². The van der Waals surface area contributed by atoms with Crippen molar-refractivity contribution >= 4 is 23.3 Å². The Kier molecular flexibility index (Phi) is 8.27. The van der Waals surface area contributed by atoms with Crippen LogP contribution in [-0.4, -0.2) is 61.7 Å². The van der Waals surface area contributed by atoms with Crippen LogP contribution in [0.15, 0.2) is 42.5 Å². The summed E-state index contributed by atoms with van der Waals surface area (Å²) < 4.78 is 20.0. The maximum absolute atomic E-state index is 15.0. The third-order valence-electron chi connectivity index (χ3n) is 5.98. The molecule has 1 saturated heterocycles. The molecular weight excluding hydrogens is 425 g/mol. The number of carbonyl (C=O) groups excluding carboxylic acids is 2. The maximum Gasteiger partial charge on any atom is 0.327 e. The monoisotopic (exact) mass is 457 g/mol. The molecule has 2 aromatic carbocycles. The Hall–Kier alpha value is -3.13. The van der Waals surface area contributed by atoms with E-state index >= 15 is 4.39 Å². The Morgan fingerprint density at radius 2 is 1.76 bits per heavy atom. The van der Waals surface area contributed by atoms with Crippen LogP contribution >= 0.6 is 0 Å². The average Bonchev–Trinajstić information content (AvgIpc) is 2.82. The predicted octanol–water partition coefficient (Wildman–Crippen LogP) is 3.72. The number of hydrogen-bond donors (Lipinski definition) is 1. The van der Waals surface area contributed by atoms with Crippen molar-refractivity contribution in [2.45, 2.75) is 32.7 Å². The Labute approximate surface area is 194 Å². The van der Waals surface area contributed by atoms with Crippen LogP contribution < -0.4 is 9.80 Å². The molecule has 1 fully saturated rings. The lowest BCUT2D eigenvalue weighted by atomic mass is 10.0. The zero-order valence-corrected chi connectivity index (χ0v) is 19.5. The van der Waals surface area contributed by atoms with Crippen molar-refractivity contribution in [1.82, 2.24) is 4.90 Å². The summed E-state index contributed by atoms with van der Waals surface area (Å²) in [6.07, 6.45) is 1.18. The summed E-state index contributed by atoms with van der Waals surface area (Å²) in [4.78, 5) is 30.4. The van der Waals surface area contributed by atoms with Gasteiger partial charge >= 0.3 is 5.97 Å². The van der Waals surface area contributed by atoms with E-state index < -0.39 is 6.04 Å². The van der Waals surface area contributed by atoms with E-state index in [4.69, 9.17) is 4.74 Å². The average molecular weight is 458 g/mol. The van der Waals surface area contributed by atoms with E-state index in [1.165, 1.54) is 13.2 Å². The van der Waals surface area contributed by atoms with Gasteiger partial charge in [0, 0.05) is 44.8 Å². The van der Waals surface area contributed by atoms with Gasteiger partial charge in [-0.25, -0.2) is 9.18 Å². The van der Waals surface area contributed by atoms with Gasteiger partial charge in [0.25, 0.3) is 0 Å². The number of nitrogens with zero attached hydrogens (tertiary/aromatic N) is 3. The Morgan fingerprint density at radius 1 is 1.09 bits per heavy atom. The lowest BCUT2D eigenvalue weighted by Crippen LogP contribution is -2.49. The van der Waals surface area contributed by atoms with Crippen LogP contribution in [0.3, 0.4) is 0 Å². The van der Waals surface area contributed by atoms with Gasteiger partial charge in [0.05, 0.1) is 12.8 Å². The van der Waals surface area contributed by atoms with E-state index in [2.05, 4.69) is 0 Å². The summed E-state index contributed by atoms with van der Waals surface area (Å²) >= 11 is 0. The normalized spacial score (nSPS) is 15.2. The number of methoxy groups -OCH3 is 1. The second-order valence-corrected chi connectivity index (χ2v) is 8.06. The molecule has 1 aliphatic rings. The molecule has 1 heterocycles. The van der Waals surface area contributed by atoms with Gasteiger partial charge in [0.1, 0.15) is 17.6 Å². The van der Waals surface area contributed by atoms with Crippen LogP contribution in [0.2, 0.25) is 0 Å². The molecule has 1 unspecified atom stereocenters. The first kappa shape index (κ1) is 24.5. The third-order valence-corrected chi connectivity index (χ3v) is 5.98. The van der Waals surface area contributed by atoms with E-state index in [1.807, 2.05) is 23.6 Å². The van der Waals surface area contributed by atoms with Gasteiger partial charge in [0.15, 0.2) is 0 Å². The maximum atomic E-state index is 15.0. The number of phenols is 1. The number of anilines is 2. The fraction of sp³-hybridized carbons (Fsp3) is 0.440. The van der Waals surface area contributed by atoms with Crippen molar-refractivity contribution in [3.8, 4) is 5.75 Å². The smallest absolute Gasteiger partial charge is 0.327 e. The molecule has 0 aromatic heterocycles. The van der Waals surface area contributed by atoms with Gasteiger partial charge in [0.2, 0.25) is 5.91 Å². The van der Waals surface area contributed by atoms with E-state index in [1.54, 1.807) is 41.3 Å². The van der Waals surface area contributed by atoms with Gasteiger partial charge in [-0.15, -0.1) is 0 Å². The number of piperazine rings is 1. The minimum atomic E-state index is -0.590. The Balaban J connectivity index is 1.72. The molecule has 1 atom stereocenters. The summed E-state index contributed by atoms with van der Waals surface area (Å²) in [7, 11) is 1.35. The Bertz CT molecular complexity index is 959. The molecule has 0 bridgehead atoms. The largest absolute Gasteiger partial charge is 0.508 e. The molecule has 2 aromatic rings. The first-order valence-corrected chi connectivity index (χ1v) is 11.3. The molecule has 8 heteroatoms. The lowest BCUT2D eigenvalue weighted by Gasteiger charge is -2.39. The van der Waals surface area contributed by atoms with Crippen molar-refractivity contribution in [2.24, 2.45) is 0 Å². The van der Waals surface area contributed by atoms with Crippen molar-refractivity contribution in [2.75, 3.05) is 49.6 Å². The number of esters is 1. The van der Waals surface area contributed by atoms with Crippen LogP contribution in [0.5, 0.6) is 5.75 Å². The van der Waals surface area contributed by atoms with Crippen molar-refractivity contribution in [3.05, 3.63) is 53.8 Å². The molecule has 3 rings (SSSR count). The number of carbonyl (C=O) groups is 2. The molecule has 1 N–H and O–H groups in total. The highest BCUT2D eigenvalue weighted by atomic mass is 19.1. The highest BCUT2D eigenvalue weighted by molar-refractivity contribution is 5.93. The van der Waals surface area contributed by atoms with Crippen LogP contribution in [-0.2, 0) is 14.3 Å². The number of benzene rings is 2. The molecule has 178 valence electrons.